The van der Waals surface area contributed by atoms with Crippen LogP contribution in [0.5, 0.6) is 5.75 Å². The molecule has 2 aromatic rings. The van der Waals surface area contributed by atoms with Crippen molar-refractivity contribution in [1.82, 2.24) is 9.80 Å². The van der Waals surface area contributed by atoms with E-state index in [1.165, 1.54) is 11.1 Å². The maximum absolute atomic E-state index is 10.9. The third-order valence-electron chi connectivity index (χ3n) is 7.07. The van der Waals surface area contributed by atoms with E-state index in [9.17, 15) is 5.11 Å². The third kappa shape index (κ3) is 7.08. The number of phenolic OH excluding ortho intramolecular Hbond substituents is 1. The highest BCUT2D eigenvalue weighted by atomic mass is 16.3. The van der Waals surface area contributed by atoms with Gasteiger partial charge in [-0.25, -0.2) is 0 Å². The van der Waals surface area contributed by atoms with Crippen molar-refractivity contribution in [3.8, 4) is 5.75 Å². The lowest BCUT2D eigenvalue weighted by Gasteiger charge is -2.28. The van der Waals surface area contributed by atoms with Gasteiger partial charge in [0, 0.05) is 31.7 Å². The van der Waals surface area contributed by atoms with Crippen molar-refractivity contribution in [2.24, 2.45) is 0 Å². The number of aromatic hydroxyl groups is 1. The minimum absolute atomic E-state index is 0.00545. The van der Waals surface area contributed by atoms with E-state index in [4.69, 9.17) is 0 Å². The van der Waals surface area contributed by atoms with Crippen LogP contribution in [0.2, 0.25) is 0 Å². The number of benzene rings is 2. The normalized spacial score (nSPS) is 12.7. The van der Waals surface area contributed by atoms with Gasteiger partial charge in [0.2, 0.25) is 0 Å². The van der Waals surface area contributed by atoms with E-state index < -0.39 is 0 Å². The van der Waals surface area contributed by atoms with E-state index in [0.717, 1.165) is 56.6 Å². The molecule has 2 rings (SSSR count). The molecule has 0 radical (unpaired) electrons. The maximum atomic E-state index is 10.9. The van der Waals surface area contributed by atoms with Crippen LogP contribution in [0.15, 0.2) is 42.5 Å². The summed E-state index contributed by atoms with van der Waals surface area (Å²) in [6, 6.07) is 15.3. The van der Waals surface area contributed by atoms with Gasteiger partial charge in [-0.3, -0.25) is 0 Å². The van der Waals surface area contributed by atoms with Crippen molar-refractivity contribution < 1.29 is 5.11 Å². The predicted molar refractivity (Wildman–Crippen MR) is 138 cm³/mol. The Morgan fingerprint density at radius 1 is 0.812 bits per heavy atom. The van der Waals surface area contributed by atoms with Gasteiger partial charge < -0.3 is 14.9 Å². The first-order chi connectivity index (χ1) is 15.0. The molecule has 0 heterocycles. The van der Waals surface area contributed by atoms with Gasteiger partial charge in [0.05, 0.1) is 0 Å². The summed E-state index contributed by atoms with van der Waals surface area (Å²) in [5.41, 5.74) is 5.09. The lowest BCUT2D eigenvalue weighted by atomic mass is 9.79. The average Bonchev–Trinajstić information content (AvgIpc) is 2.74. The van der Waals surface area contributed by atoms with Crippen LogP contribution in [0, 0.1) is 0 Å². The molecule has 0 unspecified atom stereocenters. The number of para-hydroxylation sites is 1. The Labute approximate surface area is 197 Å². The molecule has 3 nitrogen and oxygen atoms in total. The summed E-state index contributed by atoms with van der Waals surface area (Å²) in [6.07, 6.45) is 3.32. The Balaban J connectivity index is 1.95. The highest BCUT2D eigenvalue weighted by Gasteiger charge is 2.24. The second kappa shape index (κ2) is 11.3. The summed E-state index contributed by atoms with van der Waals surface area (Å²) >= 11 is 0. The zero-order valence-corrected chi connectivity index (χ0v) is 21.8. The first kappa shape index (κ1) is 26.4. The van der Waals surface area contributed by atoms with E-state index in [1.54, 1.807) is 0 Å². The highest BCUT2D eigenvalue weighted by molar-refractivity contribution is 5.44. The molecule has 0 saturated carbocycles. The van der Waals surface area contributed by atoms with Gasteiger partial charge in [0.1, 0.15) is 5.75 Å². The Morgan fingerprint density at radius 2 is 1.44 bits per heavy atom. The minimum atomic E-state index is -0.00545. The number of likely N-dealkylation sites (N-methyl/N-ethyl adjacent to an activating group) is 2. The molecule has 1 N–H and O–H groups in total. The van der Waals surface area contributed by atoms with E-state index in [0.29, 0.717) is 5.75 Å². The molecular weight excluding hydrogens is 392 g/mol. The summed E-state index contributed by atoms with van der Waals surface area (Å²) in [6.45, 7) is 17.2. The molecule has 3 heteroatoms. The topological polar surface area (TPSA) is 26.7 Å². The van der Waals surface area contributed by atoms with Crippen molar-refractivity contribution in [2.75, 3.05) is 27.2 Å². The van der Waals surface area contributed by atoms with Gasteiger partial charge in [-0.2, -0.15) is 0 Å². The van der Waals surface area contributed by atoms with Crippen LogP contribution >= 0.6 is 0 Å². The first-order valence-electron chi connectivity index (χ1n) is 12.3. The summed E-state index contributed by atoms with van der Waals surface area (Å²) in [5, 5.41) is 10.9. The van der Waals surface area contributed by atoms with Crippen molar-refractivity contribution >= 4 is 0 Å². The van der Waals surface area contributed by atoms with E-state index in [2.05, 4.69) is 108 Å². The molecular formula is C29H46N2O. The van der Waals surface area contributed by atoms with Crippen LogP contribution in [0.4, 0.5) is 0 Å². The van der Waals surface area contributed by atoms with E-state index >= 15 is 0 Å². The molecule has 0 aliphatic rings. The summed E-state index contributed by atoms with van der Waals surface area (Å²) in [5.74, 6) is 0.474. The zero-order chi connectivity index (χ0) is 23.9. The molecule has 0 saturated heterocycles. The van der Waals surface area contributed by atoms with Gasteiger partial charge in [0.15, 0.2) is 0 Å². The quantitative estimate of drug-likeness (QED) is 0.398. The van der Waals surface area contributed by atoms with E-state index in [-0.39, 0.29) is 10.8 Å². The fraction of sp³-hybridized carbons (Fsp3) is 0.586. The van der Waals surface area contributed by atoms with Gasteiger partial charge in [0.25, 0.3) is 0 Å². The van der Waals surface area contributed by atoms with Crippen LogP contribution in [-0.4, -0.2) is 42.1 Å². The summed E-state index contributed by atoms with van der Waals surface area (Å²) in [7, 11) is 4.33. The molecule has 0 aromatic heterocycles. The molecule has 0 atom stereocenters. The van der Waals surface area contributed by atoms with Crippen molar-refractivity contribution in [3.05, 3.63) is 64.7 Å². The van der Waals surface area contributed by atoms with E-state index in [1.807, 2.05) is 0 Å². The lowest BCUT2D eigenvalue weighted by molar-refractivity contribution is 0.245. The highest BCUT2D eigenvalue weighted by Crippen LogP contribution is 2.36. The van der Waals surface area contributed by atoms with Crippen LogP contribution in [0.25, 0.3) is 0 Å². The monoisotopic (exact) mass is 438 g/mol. The minimum Gasteiger partial charge on any atom is -0.507 e. The van der Waals surface area contributed by atoms with Gasteiger partial charge >= 0.3 is 0 Å². The molecule has 0 bridgehead atoms. The molecule has 0 fully saturated rings. The second-order valence-electron chi connectivity index (χ2n) is 10.9. The molecule has 178 valence electrons. The molecule has 0 aliphatic carbocycles. The number of rotatable bonds is 12. The van der Waals surface area contributed by atoms with Crippen LogP contribution in [-0.2, 0) is 23.9 Å². The Morgan fingerprint density at radius 3 is 2.06 bits per heavy atom. The molecule has 0 aliphatic heterocycles. The number of hydrogen-bond donors (Lipinski definition) is 1. The maximum Gasteiger partial charge on any atom is 0.123 e. The first-order valence-corrected chi connectivity index (χ1v) is 12.3. The van der Waals surface area contributed by atoms with Crippen molar-refractivity contribution in [3.63, 3.8) is 0 Å². The molecule has 0 amide bonds. The number of phenols is 1. The Bertz CT molecular complexity index is 856. The number of nitrogens with zero attached hydrogens (tertiary/aromatic N) is 2. The van der Waals surface area contributed by atoms with Crippen LogP contribution in [0.1, 0.15) is 83.1 Å². The summed E-state index contributed by atoms with van der Waals surface area (Å²) < 4.78 is 0. The fourth-order valence-electron chi connectivity index (χ4n) is 4.42. The number of hydrogen-bond acceptors (Lipinski definition) is 3. The second-order valence-corrected chi connectivity index (χ2v) is 10.9. The lowest BCUT2D eigenvalue weighted by Crippen LogP contribution is -2.30. The SMILES string of the molecule is CCCC(C)(C)c1cccc(CN(C)CCN(C)Cc2cccc(C(C)(C)CC)c2)c1O. The largest absolute Gasteiger partial charge is 0.507 e. The van der Waals surface area contributed by atoms with Gasteiger partial charge in [-0.15, -0.1) is 0 Å². The Kier molecular flexibility index (Phi) is 9.36. The fourth-order valence-corrected chi connectivity index (χ4v) is 4.42. The van der Waals surface area contributed by atoms with Crippen molar-refractivity contribution in [1.29, 1.82) is 0 Å². The van der Waals surface area contributed by atoms with Crippen LogP contribution < -0.4 is 0 Å². The zero-order valence-electron chi connectivity index (χ0n) is 21.8. The van der Waals surface area contributed by atoms with Crippen LogP contribution in [0.3, 0.4) is 0 Å². The molecule has 32 heavy (non-hydrogen) atoms. The van der Waals surface area contributed by atoms with Crippen molar-refractivity contribution in [2.45, 2.75) is 84.7 Å². The van der Waals surface area contributed by atoms with Gasteiger partial charge in [-0.1, -0.05) is 90.4 Å². The average molecular weight is 439 g/mol. The van der Waals surface area contributed by atoms with Gasteiger partial charge in [-0.05, 0) is 54.5 Å². The third-order valence-corrected chi connectivity index (χ3v) is 7.07. The molecule has 0 spiro atoms. The standard InChI is InChI=1S/C29H46N2O/c1-9-17-29(5,6)26-16-12-14-24(27(26)32)22-31(8)19-18-30(7)21-23-13-11-15-25(20-23)28(3,4)10-2/h11-16,20,32H,9-10,17-19,21-22H2,1-8H3. The molecule has 2 aromatic carbocycles. The summed E-state index contributed by atoms with van der Waals surface area (Å²) in [4.78, 5) is 4.69. The smallest absolute Gasteiger partial charge is 0.123 e. The predicted octanol–water partition coefficient (Wildman–Crippen LogP) is 6.72. The Hall–Kier alpha value is -1.84.